The number of benzene rings is 1. The quantitative estimate of drug-likeness (QED) is 0.255. The highest BCUT2D eigenvalue weighted by Crippen LogP contribution is 2.18. The third kappa shape index (κ3) is 5.41. The molecule has 0 fully saturated rings. The van der Waals surface area contributed by atoms with E-state index in [0.29, 0.717) is 11.4 Å². The van der Waals surface area contributed by atoms with E-state index in [1.165, 1.54) is 29.3 Å². The number of hydrazine groups is 1. The van der Waals surface area contributed by atoms with Crippen LogP contribution in [0.1, 0.15) is 11.4 Å². The van der Waals surface area contributed by atoms with E-state index in [9.17, 15) is 14.9 Å². The first-order valence-corrected chi connectivity index (χ1v) is 7.78. The lowest BCUT2D eigenvalue weighted by Crippen LogP contribution is -2.31. The van der Waals surface area contributed by atoms with Crippen molar-refractivity contribution in [3.8, 4) is 5.75 Å². The lowest BCUT2D eigenvalue weighted by Gasteiger charge is -2.19. The predicted molar refractivity (Wildman–Crippen MR) is 97.1 cm³/mol. The number of hydrogen-bond donors (Lipinski definition) is 2. The van der Waals surface area contributed by atoms with Gasteiger partial charge in [-0.2, -0.15) is 0 Å². The summed E-state index contributed by atoms with van der Waals surface area (Å²) in [5.41, 5.74) is 7.82. The van der Waals surface area contributed by atoms with Crippen LogP contribution in [0.25, 0.3) is 5.70 Å². The minimum absolute atomic E-state index is 0.102. The van der Waals surface area contributed by atoms with Crippen LogP contribution in [0.15, 0.2) is 48.2 Å². The molecule has 0 aliphatic rings. The number of aryl methyl sites for hydroxylation is 1. The Kier molecular flexibility index (Phi) is 6.28. The molecule has 142 valence electrons. The number of nitrogens with zero attached hydrogens (tertiary/aromatic N) is 3. The summed E-state index contributed by atoms with van der Waals surface area (Å²) in [6.45, 7) is 1.57. The summed E-state index contributed by atoms with van der Waals surface area (Å²) in [6, 6.07) is 10.3. The number of pyridine rings is 1. The minimum Gasteiger partial charge on any atom is -0.427 e. The molecule has 0 atom stereocenters. The second kappa shape index (κ2) is 8.63. The molecular weight excluding hydrogens is 354 g/mol. The molecular formula is C17H19N5O5. The van der Waals surface area contributed by atoms with Gasteiger partial charge in [0.05, 0.1) is 22.0 Å². The molecule has 1 aromatic carbocycles. The summed E-state index contributed by atoms with van der Waals surface area (Å²) in [5.74, 6) is 5.87. The van der Waals surface area contributed by atoms with Crippen molar-refractivity contribution < 1.29 is 19.2 Å². The average Bonchev–Trinajstić information content (AvgIpc) is 2.61. The Hall–Kier alpha value is -3.66. The number of carbonyl (C=O) groups is 1. The van der Waals surface area contributed by atoms with E-state index in [0.717, 1.165) is 5.69 Å². The van der Waals surface area contributed by atoms with Crippen molar-refractivity contribution in [3.63, 3.8) is 0 Å². The third-order valence-corrected chi connectivity index (χ3v) is 3.48. The molecule has 27 heavy (non-hydrogen) atoms. The molecule has 10 nitrogen and oxygen atoms in total. The van der Waals surface area contributed by atoms with Crippen molar-refractivity contribution in [2.45, 2.75) is 6.92 Å². The molecule has 0 saturated heterocycles. The first-order chi connectivity index (χ1) is 12.8. The van der Waals surface area contributed by atoms with Crippen molar-refractivity contribution in [2.75, 3.05) is 13.7 Å². The molecule has 1 aromatic heterocycles. The van der Waals surface area contributed by atoms with Gasteiger partial charge in [0.25, 0.3) is 5.69 Å². The molecule has 1 heterocycles. The fourth-order valence-electron chi connectivity index (χ4n) is 2.10. The van der Waals surface area contributed by atoms with Crippen LogP contribution in [0, 0.1) is 17.0 Å². The van der Waals surface area contributed by atoms with E-state index in [4.69, 9.17) is 21.1 Å². The van der Waals surface area contributed by atoms with Gasteiger partial charge in [-0.15, -0.1) is 0 Å². The molecule has 10 heteroatoms. The van der Waals surface area contributed by atoms with Gasteiger partial charge in [-0.3, -0.25) is 15.1 Å². The number of ether oxygens (including phenoxy) is 2. The van der Waals surface area contributed by atoms with Gasteiger partial charge in [-0.05, 0) is 31.2 Å². The van der Waals surface area contributed by atoms with Gasteiger partial charge in [0.1, 0.15) is 12.4 Å². The van der Waals surface area contributed by atoms with E-state index >= 15 is 0 Å². The number of nitrogens with two attached hydrogens (primary N) is 2. The van der Waals surface area contributed by atoms with Crippen LogP contribution < -0.4 is 16.3 Å². The summed E-state index contributed by atoms with van der Waals surface area (Å²) >= 11 is 0. The predicted octanol–water partition coefficient (Wildman–Crippen LogP) is 1.95. The summed E-state index contributed by atoms with van der Waals surface area (Å²) in [7, 11) is 1.54. The van der Waals surface area contributed by atoms with Gasteiger partial charge >= 0.3 is 6.16 Å². The van der Waals surface area contributed by atoms with Gasteiger partial charge in [-0.1, -0.05) is 6.07 Å². The Balaban J connectivity index is 2.06. The average molecular weight is 373 g/mol. The zero-order chi connectivity index (χ0) is 20.0. The smallest absolute Gasteiger partial charge is 0.427 e. The van der Waals surface area contributed by atoms with Crippen LogP contribution >= 0.6 is 0 Å². The fraction of sp³-hybridized carbons (Fsp3) is 0.176. The Morgan fingerprint density at radius 1 is 1.26 bits per heavy atom. The standard InChI is InChI=1S/C17H19N5O5/c1-11-4-3-5-14(20-11)16(18)15(21(2)19)10-26-17(23)27-13-8-6-12(7-9-13)22(24)25/h3-9H,10,18-19H2,1-2H3/b16-15-. The van der Waals surface area contributed by atoms with Crippen LogP contribution in [0.4, 0.5) is 10.5 Å². The summed E-state index contributed by atoms with van der Waals surface area (Å²) in [5, 5.41) is 11.8. The SMILES string of the molecule is Cc1cccc(/C(N)=C(\COC(=O)Oc2ccc([N+](=O)[O-])cc2)N(C)N)n1. The van der Waals surface area contributed by atoms with Gasteiger partial charge in [0.2, 0.25) is 0 Å². The van der Waals surface area contributed by atoms with Crippen LogP contribution in [0.5, 0.6) is 5.75 Å². The topological polar surface area (TPSA) is 147 Å². The first kappa shape index (κ1) is 19.7. The highest BCUT2D eigenvalue weighted by atomic mass is 16.7. The number of hydrogen-bond acceptors (Lipinski definition) is 9. The fourth-order valence-corrected chi connectivity index (χ4v) is 2.10. The first-order valence-electron chi connectivity index (χ1n) is 7.78. The molecule has 0 aliphatic heterocycles. The van der Waals surface area contributed by atoms with E-state index in [1.54, 1.807) is 19.2 Å². The van der Waals surface area contributed by atoms with Crippen LogP contribution in [-0.4, -0.2) is 34.7 Å². The third-order valence-electron chi connectivity index (χ3n) is 3.48. The molecule has 4 N–H and O–H groups in total. The number of non-ortho nitro benzene ring substituents is 1. The normalized spacial score (nSPS) is 11.4. The lowest BCUT2D eigenvalue weighted by atomic mass is 10.2. The van der Waals surface area contributed by atoms with E-state index < -0.39 is 11.1 Å². The van der Waals surface area contributed by atoms with Crippen molar-refractivity contribution >= 4 is 17.5 Å². The van der Waals surface area contributed by atoms with E-state index in [2.05, 4.69) is 4.98 Å². The number of carbonyl (C=O) groups excluding carboxylic acids is 1. The Labute approximate surface area is 155 Å². The van der Waals surface area contributed by atoms with Crippen molar-refractivity contribution in [3.05, 3.63) is 69.7 Å². The summed E-state index contributed by atoms with van der Waals surface area (Å²) < 4.78 is 10.00. The molecule has 0 spiro atoms. The summed E-state index contributed by atoms with van der Waals surface area (Å²) in [6.07, 6.45) is -1.01. The van der Waals surface area contributed by atoms with E-state index in [-0.39, 0.29) is 23.7 Å². The largest absolute Gasteiger partial charge is 0.514 e. The number of aromatic nitrogens is 1. The number of likely N-dealkylation sites (N-methyl/N-ethyl adjacent to an activating group) is 1. The Morgan fingerprint density at radius 2 is 1.93 bits per heavy atom. The highest BCUT2D eigenvalue weighted by molar-refractivity contribution is 5.66. The Morgan fingerprint density at radius 3 is 2.48 bits per heavy atom. The molecule has 0 aliphatic carbocycles. The van der Waals surface area contributed by atoms with Gasteiger partial charge in [0.15, 0.2) is 0 Å². The molecule has 0 bridgehead atoms. The van der Waals surface area contributed by atoms with Crippen molar-refractivity contribution in [1.29, 1.82) is 0 Å². The maximum Gasteiger partial charge on any atom is 0.514 e. The zero-order valence-electron chi connectivity index (χ0n) is 14.8. The van der Waals surface area contributed by atoms with Gasteiger partial charge in [0, 0.05) is 24.9 Å². The molecule has 2 rings (SSSR count). The van der Waals surface area contributed by atoms with Crippen LogP contribution in [-0.2, 0) is 4.74 Å². The molecule has 0 saturated carbocycles. The molecule has 0 unspecified atom stereocenters. The van der Waals surface area contributed by atoms with Crippen molar-refractivity contribution in [1.82, 2.24) is 9.99 Å². The summed E-state index contributed by atoms with van der Waals surface area (Å²) in [4.78, 5) is 26.2. The number of rotatable bonds is 6. The van der Waals surface area contributed by atoms with Crippen LogP contribution in [0.3, 0.4) is 0 Å². The van der Waals surface area contributed by atoms with Crippen LogP contribution in [0.2, 0.25) is 0 Å². The Bertz CT molecular complexity index is 864. The number of nitro groups is 1. The monoisotopic (exact) mass is 373 g/mol. The minimum atomic E-state index is -1.01. The number of nitro benzene ring substituents is 1. The highest BCUT2D eigenvalue weighted by Gasteiger charge is 2.15. The zero-order valence-corrected chi connectivity index (χ0v) is 14.8. The van der Waals surface area contributed by atoms with E-state index in [1.807, 2.05) is 13.0 Å². The maximum absolute atomic E-state index is 11.9. The lowest BCUT2D eigenvalue weighted by molar-refractivity contribution is -0.384. The maximum atomic E-state index is 11.9. The van der Waals surface area contributed by atoms with Gasteiger partial charge in [-0.25, -0.2) is 10.6 Å². The second-order valence-electron chi connectivity index (χ2n) is 5.53. The molecule has 2 aromatic rings. The second-order valence-corrected chi connectivity index (χ2v) is 5.53. The molecule has 0 amide bonds. The van der Waals surface area contributed by atoms with Crippen molar-refractivity contribution in [2.24, 2.45) is 11.6 Å². The molecule has 0 radical (unpaired) electrons. The van der Waals surface area contributed by atoms with Gasteiger partial charge < -0.3 is 20.2 Å².